The number of ether oxygens (including phenoxy) is 7. The van der Waals surface area contributed by atoms with Gasteiger partial charge in [-0.25, -0.2) is 0 Å². The molecule has 0 N–H and O–H groups in total. The molecule has 6 saturated heterocycles. The molecule has 15 nitrogen and oxygen atoms in total. The number of carbonyl (C=O) groups excluding carboxylic acids is 1. The van der Waals surface area contributed by atoms with Crippen LogP contribution in [0.2, 0.25) is 90.7 Å². The van der Waals surface area contributed by atoms with E-state index in [-0.39, 0.29) is 78.6 Å². The average Bonchev–Trinajstić information content (AvgIpc) is 0.910. The Balaban J connectivity index is 1.32. The molecule has 7 unspecified atom stereocenters. The number of halogens is 1. The Bertz CT molecular complexity index is 3060. The molecule has 18 atom stereocenters. The summed E-state index contributed by atoms with van der Waals surface area (Å²) in [4.78, 5) is 17.2. The van der Waals surface area contributed by atoms with Crippen molar-refractivity contribution in [1.29, 1.82) is 0 Å². The van der Waals surface area contributed by atoms with E-state index < -0.39 is 119 Å². The predicted molar refractivity (Wildman–Crippen MR) is 435 cm³/mol. The lowest BCUT2D eigenvalue weighted by molar-refractivity contribution is -0.268. The van der Waals surface area contributed by atoms with Crippen LogP contribution in [0.4, 0.5) is 0 Å². The van der Waals surface area contributed by atoms with Crippen LogP contribution in [0.5, 0.6) is 0 Å². The average molecular weight is 1640 g/mol. The van der Waals surface area contributed by atoms with Crippen LogP contribution in [0.1, 0.15) is 205 Å². The van der Waals surface area contributed by atoms with Crippen molar-refractivity contribution in [3.05, 3.63) is 75.9 Å². The molecule has 0 bridgehead atoms. The summed E-state index contributed by atoms with van der Waals surface area (Å²) < 4.78 is 115. The van der Waals surface area contributed by atoms with Crippen molar-refractivity contribution in [2.75, 3.05) is 19.8 Å². The largest absolute Gasteiger partial charge is 0.768 e. The van der Waals surface area contributed by atoms with Crippen LogP contribution in [0.25, 0.3) is 0 Å². The van der Waals surface area contributed by atoms with Crippen LogP contribution in [0.3, 0.4) is 0 Å². The SMILES string of the molecule is C=C1C[C@H](CC[C@@H]2O[C@@H](CCC3OCCO3)CC2=C)O[C@H](C[C@@H]2O[C@H](CC(CO[Si](C)(C)C(C)(C)C)O[Si](C)(C)C(C)(C)C)C[C@H]2[C@@H](C)C(=O)C(c2cc(S(=O)[O-])ccc2CC)[C@H]2CC[C@@H]3OC([C@H](/C=C/I)O[Si](C)(C)C(C)(C)C)C(O[Si](C)(C)C(C)(C)C)C(O[Si](C)(C)C(C)(C)C)C3O2)C1=C. The van der Waals surface area contributed by atoms with E-state index in [0.29, 0.717) is 70.3 Å². The fourth-order valence-corrected chi connectivity index (χ4v) is 21.3. The van der Waals surface area contributed by atoms with E-state index in [4.69, 9.17) is 55.3 Å². The highest BCUT2D eigenvalue weighted by molar-refractivity contribution is 14.1. The lowest BCUT2D eigenvalue weighted by Gasteiger charge is -2.56. The molecule has 0 amide bonds. The number of aryl methyl sites for hydroxylation is 1. The van der Waals surface area contributed by atoms with Crippen LogP contribution in [-0.2, 0) is 77.6 Å². The number of hydrogen-bond donors (Lipinski definition) is 0. The molecule has 0 aromatic heterocycles. The molecule has 584 valence electrons. The molecule has 6 heterocycles. The summed E-state index contributed by atoms with van der Waals surface area (Å²) in [6.45, 7) is 76.6. The first-order valence-corrected chi connectivity index (χ1v) is 55.5. The van der Waals surface area contributed by atoms with E-state index >= 15 is 4.79 Å². The van der Waals surface area contributed by atoms with Gasteiger partial charge in [-0.3, -0.25) is 9.00 Å². The fourth-order valence-electron chi connectivity index (χ4n) is 14.2. The number of ketones is 1. The van der Waals surface area contributed by atoms with E-state index in [0.717, 1.165) is 54.4 Å². The molecule has 1 aromatic carbocycles. The summed E-state index contributed by atoms with van der Waals surface area (Å²) in [5, 5.41) is -0.578. The minimum absolute atomic E-state index is 0.0191. The molecule has 6 aliphatic rings. The molecule has 102 heavy (non-hydrogen) atoms. The van der Waals surface area contributed by atoms with E-state index in [1.807, 2.05) is 10.1 Å². The van der Waals surface area contributed by atoms with Gasteiger partial charge < -0.3 is 59.8 Å². The van der Waals surface area contributed by atoms with Gasteiger partial charge in [-0.05, 0) is 216 Å². The summed E-state index contributed by atoms with van der Waals surface area (Å²) in [5.41, 5.74) is 4.47. The van der Waals surface area contributed by atoms with E-state index in [2.05, 4.69) is 232 Å². The minimum Gasteiger partial charge on any atom is -0.768 e. The molecule has 7 rings (SSSR count). The summed E-state index contributed by atoms with van der Waals surface area (Å²) in [7, 11) is -12.4. The smallest absolute Gasteiger partial charge is 0.193 e. The maximum absolute atomic E-state index is 17.1. The lowest BCUT2D eigenvalue weighted by Crippen LogP contribution is -2.69. The van der Waals surface area contributed by atoms with Crippen molar-refractivity contribution in [3.8, 4) is 0 Å². The Hall–Kier alpha value is -0.706. The van der Waals surface area contributed by atoms with E-state index in [9.17, 15) is 8.76 Å². The number of fused-ring (bicyclic) bond motifs is 1. The highest BCUT2D eigenvalue weighted by Crippen LogP contribution is 2.52. The molecule has 0 aliphatic carbocycles. The van der Waals surface area contributed by atoms with Crippen LogP contribution in [0, 0.1) is 11.8 Å². The maximum atomic E-state index is 17.1. The van der Waals surface area contributed by atoms with Crippen molar-refractivity contribution >= 4 is 81.0 Å². The van der Waals surface area contributed by atoms with Gasteiger partial charge in [-0.15, -0.1) is 0 Å². The van der Waals surface area contributed by atoms with Crippen LogP contribution < -0.4 is 0 Å². The highest BCUT2D eigenvalue weighted by atomic mass is 127. The standard InChI is InChI=1S/C80H141IO15SSi5/c1-31-55-32-35-60(97(83)84)48-62(55)70(64-37-38-65-72(91-64)74(95-101(27,28)79(15,16)17)75(96-102(29,30)80(18,19)20)73(92-65)66(40-41-81)94-100(25,26)78(12,13)14)71(82)54(5)61-47-58(46-59(93-99(23,24)77(9,10)11)50-87-98(21,22)76(6,7)8)90-68(61)49-67-53(4)51(2)44-56(89-67)33-36-63-52(3)45-57(88-63)34-39-69-85-42-43-86-69/h32,35,40-41,48,54,56-59,61,63-70,72-75H,2-4,31,33-34,36-39,42-47,49-50H2,1,5-30H3,(H,83,84)/p-1/b41-40+/t54-,56+,57+,58-,59?,61+,63+,64-,65+,66+,67-,68+,70?,72?,73?,74?,75?/m1/s1. The van der Waals surface area contributed by atoms with Crippen molar-refractivity contribution < 1.29 is 68.8 Å². The number of carbonyl (C=O) groups is 1. The summed E-state index contributed by atoms with van der Waals surface area (Å²) in [6, 6.07) is 5.28. The quantitative estimate of drug-likeness (QED) is 0.0308. The van der Waals surface area contributed by atoms with Gasteiger partial charge in [-0.1, -0.05) is 166 Å². The van der Waals surface area contributed by atoms with Crippen molar-refractivity contribution in [1.82, 2.24) is 0 Å². The van der Waals surface area contributed by atoms with E-state index in [1.54, 1.807) is 12.1 Å². The van der Waals surface area contributed by atoms with Gasteiger partial charge in [0.25, 0.3) is 0 Å². The zero-order chi connectivity index (χ0) is 76.6. The van der Waals surface area contributed by atoms with Crippen molar-refractivity contribution in [3.63, 3.8) is 0 Å². The van der Waals surface area contributed by atoms with Gasteiger partial charge in [0.1, 0.15) is 30.2 Å². The highest BCUT2D eigenvalue weighted by Gasteiger charge is 2.60. The van der Waals surface area contributed by atoms with Crippen molar-refractivity contribution in [2.45, 2.75) is 388 Å². The van der Waals surface area contributed by atoms with Gasteiger partial charge in [0, 0.05) is 30.1 Å². The van der Waals surface area contributed by atoms with Gasteiger partial charge >= 0.3 is 0 Å². The minimum atomic E-state index is -2.68. The molecule has 0 spiro atoms. The van der Waals surface area contributed by atoms with Gasteiger partial charge in [0.05, 0.1) is 86.8 Å². The molecule has 6 fully saturated rings. The number of benzene rings is 1. The van der Waals surface area contributed by atoms with Gasteiger partial charge in [0.2, 0.25) is 0 Å². The van der Waals surface area contributed by atoms with Gasteiger partial charge in [-0.2, -0.15) is 0 Å². The molecule has 22 heteroatoms. The van der Waals surface area contributed by atoms with Crippen LogP contribution >= 0.6 is 22.6 Å². The second kappa shape index (κ2) is 34.5. The number of rotatable bonds is 30. The Kier molecular flexibility index (Phi) is 29.9. The normalized spacial score (nSPS) is 29.7. The third-order valence-electron chi connectivity index (χ3n) is 26.0. The maximum Gasteiger partial charge on any atom is 0.193 e. The Morgan fingerprint density at radius 1 is 0.676 bits per heavy atom. The molecule has 6 aliphatic heterocycles. The first-order chi connectivity index (χ1) is 46.7. The summed E-state index contributed by atoms with van der Waals surface area (Å²) in [5.74, 6) is -1.84. The molecule has 0 saturated carbocycles. The predicted octanol–water partition coefficient (Wildman–Crippen LogP) is 20.1. The first-order valence-electron chi connectivity index (χ1n) is 38.7. The zero-order valence-electron chi connectivity index (χ0n) is 68.4. The monoisotopic (exact) mass is 1640 g/mol. The lowest BCUT2D eigenvalue weighted by atomic mass is 9.72. The summed E-state index contributed by atoms with van der Waals surface area (Å²) >= 11 is -0.283. The zero-order valence-corrected chi connectivity index (χ0v) is 76.4. The summed E-state index contributed by atoms with van der Waals surface area (Å²) in [6.07, 6.45) is 4.00. The number of Topliss-reactive ketones (excluding diaryl/α,β-unsaturated/α-hetero) is 1. The third-order valence-corrected chi connectivity index (χ3v) is 49.5. The van der Waals surface area contributed by atoms with Crippen LogP contribution in [-0.4, -0.2) is 168 Å². The third kappa shape index (κ3) is 21.7. The van der Waals surface area contributed by atoms with Crippen molar-refractivity contribution in [2.24, 2.45) is 11.8 Å². The second-order valence-corrected chi connectivity index (χ2v) is 64.1. The molecule has 1 aromatic rings. The number of hydrogen-bond acceptors (Lipinski definition) is 15. The molecule has 0 radical (unpaired) electrons. The fraction of sp³-hybridized carbons (Fsp3) is 0.812. The Labute approximate surface area is 640 Å². The first kappa shape index (κ1) is 88.5. The van der Waals surface area contributed by atoms with Gasteiger partial charge in [0.15, 0.2) is 47.9 Å². The Morgan fingerprint density at radius 2 is 1.23 bits per heavy atom. The van der Waals surface area contributed by atoms with Crippen LogP contribution in [0.15, 0.2) is 69.7 Å². The van der Waals surface area contributed by atoms with E-state index in [1.165, 1.54) is 0 Å². The molecular weight excluding hydrogens is 1500 g/mol. The Morgan fingerprint density at radius 3 is 1.78 bits per heavy atom. The molecular formula is C80H140IO15SSi5-. The topological polar surface area (TPSA) is 168 Å². The second-order valence-electron chi connectivity index (χ2n) is 38.6.